The Balaban J connectivity index is 0.908. The smallest absolute Gasteiger partial charge is 0.354 e. The molecule has 0 saturated heterocycles. The number of fused-ring (bicyclic) bond motifs is 4. The van der Waals surface area contributed by atoms with Crippen LogP contribution in [0.4, 0.5) is 0 Å². The van der Waals surface area contributed by atoms with E-state index >= 15 is 0 Å². The van der Waals surface area contributed by atoms with E-state index in [2.05, 4.69) is 6.07 Å². The maximum atomic E-state index is 13.4. The van der Waals surface area contributed by atoms with Gasteiger partial charge in [-0.15, -0.1) is 0 Å². The molecule has 2 aliphatic rings. The standard InChI is InChI=1S/C53H42N2O12/c1-33-5-9-35(10-6-33)29-63-67-48-18-12-36(23-50(48)59-4)21-38(27-54)30-62-66-42-16-20-46-44(26-42)53(32-61-46)31-60-45-19-15-41(25-43(45)53)64-52(57)40(28-55)22-37-11-17-47(49(24-37)58-3)65-51(56)39-13-7-34(2)8-14-39/h5-26H,29-32H2,1-4H3/b38-21+,40-22+. The number of hydrogen-bond acceptors (Lipinski definition) is 14. The lowest BCUT2D eigenvalue weighted by Crippen LogP contribution is -2.31. The molecule has 8 rings (SSSR count). The number of ether oxygens (including phenoxy) is 6. The van der Waals surface area contributed by atoms with E-state index in [1.807, 2.05) is 44.2 Å². The van der Waals surface area contributed by atoms with E-state index in [0.29, 0.717) is 51.0 Å². The fourth-order valence-corrected chi connectivity index (χ4v) is 7.36. The van der Waals surface area contributed by atoms with Gasteiger partial charge in [0.05, 0.1) is 36.8 Å². The topological polar surface area (TPSA) is 174 Å². The molecule has 0 radical (unpaired) electrons. The van der Waals surface area contributed by atoms with Gasteiger partial charge in [-0.1, -0.05) is 59.7 Å². The Labute approximate surface area is 386 Å². The van der Waals surface area contributed by atoms with Gasteiger partial charge in [0, 0.05) is 11.1 Å². The first-order valence-corrected chi connectivity index (χ1v) is 20.9. The van der Waals surface area contributed by atoms with E-state index in [4.69, 9.17) is 48.0 Å². The molecule has 2 heterocycles. The van der Waals surface area contributed by atoms with Gasteiger partial charge in [-0.2, -0.15) is 20.3 Å². The van der Waals surface area contributed by atoms with Crippen molar-refractivity contribution in [3.63, 3.8) is 0 Å². The van der Waals surface area contributed by atoms with E-state index in [1.54, 1.807) is 91.0 Å². The van der Waals surface area contributed by atoms with Crippen LogP contribution in [0.1, 0.15) is 49.3 Å². The molecule has 1 spiro atoms. The Morgan fingerprint density at radius 3 is 1.87 bits per heavy atom. The van der Waals surface area contributed by atoms with Crippen LogP contribution in [0.2, 0.25) is 0 Å². The van der Waals surface area contributed by atoms with Gasteiger partial charge in [-0.3, -0.25) is 0 Å². The van der Waals surface area contributed by atoms with Crippen LogP contribution >= 0.6 is 0 Å². The molecular formula is C53H42N2O12. The minimum atomic E-state index is -0.893. The van der Waals surface area contributed by atoms with Crippen LogP contribution in [0.5, 0.6) is 46.0 Å². The predicted octanol–water partition coefficient (Wildman–Crippen LogP) is 9.55. The van der Waals surface area contributed by atoms with Gasteiger partial charge in [0.2, 0.25) is 5.75 Å². The maximum Gasteiger partial charge on any atom is 0.354 e. The van der Waals surface area contributed by atoms with E-state index in [9.17, 15) is 20.1 Å². The first-order valence-electron chi connectivity index (χ1n) is 20.9. The maximum absolute atomic E-state index is 13.4. The zero-order chi connectivity index (χ0) is 46.9. The molecular weight excluding hydrogens is 857 g/mol. The number of aryl methyl sites for hydroxylation is 2. The summed E-state index contributed by atoms with van der Waals surface area (Å²) in [5.41, 5.74) is 5.22. The normalized spacial score (nSPS) is 14.7. The Bertz CT molecular complexity index is 2980. The van der Waals surface area contributed by atoms with Crippen molar-refractivity contribution in [2.24, 2.45) is 0 Å². The molecule has 1 atom stereocenters. The molecule has 0 aliphatic carbocycles. The fourth-order valence-electron chi connectivity index (χ4n) is 7.36. The zero-order valence-electron chi connectivity index (χ0n) is 36.8. The zero-order valence-corrected chi connectivity index (χ0v) is 36.8. The number of esters is 2. The number of benzene rings is 6. The predicted molar refractivity (Wildman–Crippen MR) is 243 cm³/mol. The summed E-state index contributed by atoms with van der Waals surface area (Å²) >= 11 is 0. The number of nitrogens with zero attached hydrogens (tertiary/aromatic N) is 2. The van der Waals surface area contributed by atoms with Gasteiger partial charge in [-0.05, 0) is 115 Å². The van der Waals surface area contributed by atoms with Crippen LogP contribution in [-0.4, -0.2) is 46.0 Å². The third-order valence-electron chi connectivity index (χ3n) is 11.0. The average molecular weight is 899 g/mol. The second-order valence-corrected chi connectivity index (χ2v) is 15.6. The van der Waals surface area contributed by atoms with Crippen LogP contribution in [-0.2, 0) is 26.6 Å². The SMILES string of the molecule is COc1cc(/C=C(\C#N)COOc2ccc3c(c2)C2(CO3)COc3ccc(OC(=O)/C(C#N)=C/c4ccc(OC(=O)c5ccc(C)cc5)c(OC)c4)cc32)ccc1OOCc1ccc(C)cc1. The lowest BCUT2D eigenvalue weighted by atomic mass is 9.78. The van der Waals surface area contributed by atoms with Gasteiger partial charge in [0.15, 0.2) is 23.0 Å². The highest BCUT2D eigenvalue weighted by atomic mass is 17.2. The van der Waals surface area contributed by atoms with Gasteiger partial charge < -0.3 is 38.2 Å². The highest BCUT2D eigenvalue weighted by Gasteiger charge is 2.49. The molecule has 6 aromatic carbocycles. The first-order chi connectivity index (χ1) is 32.6. The van der Waals surface area contributed by atoms with Crippen molar-refractivity contribution in [3.8, 4) is 58.1 Å². The van der Waals surface area contributed by atoms with Gasteiger partial charge >= 0.3 is 11.9 Å². The lowest BCUT2D eigenvalue weighted by molar-refractivity contribution is -0.218. The quantitative estimate of drug-likeness (QED) is 0.0224. The van der Waals surface area contributed by atoms with Crippen molar-refractivity contribution >= 4 is 24.1 Å². The number of rotatable bonds is 16. The largest absolute Gasteiger partial charge is 0.493 e. The van der Waals surface area contributed by atoms with E-state index < -0.39 is 17.4 Å². The van der Waals surface area contributed by atoms with Crippen LogP contribution in [0, 0.1) is 36.5 Å². The molecule has 6 aromatic rings. The van der Waals surface area contributed by atoms with Gasteiger partial charge in [-0.25, -0.2) is 9.59 Å². The molecule has 0 amide bonds. The molecule has 14 nitrogen and oxygen atoms in total. The molecule has 0 saturated carbocycles. The summed E-state index contributed by atoms with van der Waals surface area (Å²) < 4.78 is 34.5. The Hall–Kier alpha value is -8.56. The van der Waals surface area contributed by atoms with Crippen LogP contribution < -0.4 is 38.2 Å². The Kier molecular flexibility index (Phi) is 13.5. The number of nitriles is 2. The van der Waals surface area contributed by atoms with Crippen LogP contribution in [0.15, 0.2) is 132 Å². The molecule has 0 fully saturated rings. The molecule has 1 unspecified atom stereocenters. The number of methoxy groups -OCH3 is 2. The highest BCUT2D eigenvalue weighted by molar-refractivity contribution is 5.99. The number of carbonyl (C=O) groups excluding carboxylic acids is 2. The highest BCUT2D eigenvalue weighted by Crippen LogP contribution is 2.52. The summed E-state index contributed by atoms with van der Waals surface area (Å²) in [6, 6.07) is 38.9. The molecule has 67 heavy (non-hydrogen) atoms. The summed E-state index contributed by atoms with van der Waals surface area (Å²) in [6.45, 7) is 4.46. The lowest BCUT2D eigenvalue weighted by Gasteiger charge is -2.21. The van der Waals surface area contributed by atoms with Crippen molar-refractivity contribution in [3.05, 3.63) is 177 Å². The second-order valence-electron chi connectivity index (χ2n) is 15.6. The number of carbonyl (C=O) groups is 2. The van der Waals surface area contributed by atoms with Crippen LogP contribution in [0.3, 0.4) is 0 Å². The molecule has 0 aromatic heterocycles. The molecule has 0 bridgehead atoms. The van der Waals surface area contributed by atoms with E-state index in [-0.39, 0.29) is 54.8 Å². The summed E-state index contributed by atoms with van der Waals surface area (Å²) in [5.74, 6) is 1.41. The minimum absolute atomic E-state index is 0.165. The second kappa shape index (κ2) is 20.1. The fraction of sp³-hybridized carbons (Fsp3) is 0.170. The summed E-state index contributed by atoms with van der Waals surface area (Å²) in [7, 11) is 2.92. The minimum Gasteiger partial charge on any atom is -0.493 e. The van der Waals surface area contributed by atoms with Crippen molar-refractivity contribution in [2.45, 2.75) is 25.9 Å². The first kappa shape index (κ1) is 45.0. The molecule has 336 valence electrons. The van der Waals surface area contributed by atoms with Crippen molar-refractivity contribution < 1.29 is 57.6 Å². The van der Waals surface area contributed by atoms with Crippen LogP contribution in [0.25, 0.3) is 12.2 Å². The van der Waals surface area contributed by atoms with Crippen molar-refractivity contribution in [1.82, 2.24) is 0 Å². The Morgan fingerprint density at radius 2 is 1.22 bits per heavy atom. The summed E-state index contributed by atoms with van der Waals surface area (Å²) in [5, 5.41) is 19.9. The van der Waals surface area contributed by atoms with E-state index in [1.165, 1.54) is 32.4 Å². The average Bonchev–Trinajstić information content (AvgIpc) is 3.91. The third kappa shape index (κ3) is 10.2. The van der Waals surface area contributed by atoms with Gasteiger partial charge in [0.1, 0.15) is 55.3 Å². The third-order valence-corrected chi connectivity index (χ3v) is 11.0. The Morgan fingerprint density at radius 1 is 0.627 bits per heavy atom. The van der Waals surface area contributed by atoms with Gasteiger partial charge in [0.25, 0.3) is 0 Å². The van der Waals surface area contributed by atoms with Crippen molar-refractivity contribution in [1.29, 1.82) is 10.5 Å². The monoisotopic (exact) mass is 898 g/mol. The number of hydrogen-bond donors (Lipinski definition) is 0. The molecule has 0 N–H and O–H groups in total. The van der Waals surface area contributed by atoms with E-state index in [0.717, 1.165) is 22.3 Å². The molecule has 2 aliphatic heterocycles. The molecule has 14 heteroatoms. The van der Waals surface area contributed by atoms with Crippen molar-refractivity contribution in [2.75, 3.05) is 34.0 Å². The summed E-state index contributed by atoms with van der Waals surface area (Å²) in [6.07, 6.45) is 2.99. The summed E-state index contributed by atoms with van der Waals surface area (Å²) in [4.78, 5) is 48.3.